The van der Waals surface area contributed by atoms with E-state index in [1.165, 1.54) is 6.07 Å². The van der Waals surface area contributed by atoms with Gasteiger partial charge in [-0.25, -0.2) is 4.39 Å². The highest BCUT2D eigenvalue weighted by Crippen LogP contribution is 2.32. The van der Waals surface area contributed by atoms with Crippen LogP contribution in [0.5, 0.6) is 5.75 Å². The number of ether oxygens (including phenoxy) is 2. The molecule has 8 nitrogen and oxygen atoms in total. The number of halogens is 1. The summed E-state index contributed by atoms with van der Waals surface area (Å²) in [6, 6.07) is 20.7. The van der Waals surface area contributed by atoms with Crippen molar-refractivity contribution < 1.29 is 28.2 Å². The van der Waals surface area contributed by atoms with E-state index in [2.05, 4.69) is 10.2 Å². The summed E-state index contributed by atoms with van der Waals surface area (Å²) >= 11 is 0.773. The molecule has 0 aromatic heterocycles. The second-order valence-electron chi connectivity index (χ2n) is 8.91. The van der Waals surface area contributed by atoms with Crippen molar-refractivity contribution in [3.05, 3.63) is 94.6 Å². The number of benzene rings is 3. The van der Waals surface area contributed by atoms with E-state index >= 15 is 0 Å². The number of rotatable bonds is 8. The van der Waals surface area contributed by atoms with Gasteiger partial charge in [0.25, 0.3) is 11.1 Å². The number of anilines is 2. The standard InChI is InChI=1S/C29H26FN3O5S/c30-25-7-2-1-5-21(25)19-38-24-6-3-4-20(16-24)17-26-28(35)33(29(36)39-26)18-27(34)31-22-8-10-23(11-9-22)32-12-14-37-15-13-32/h1-11,16-17H,12-15,18-19H2,(H,31,34)/b26-17+. The minimum atomic E-state index is -0.541. The molecule has 10 heteroatoms. The van der Waals surface area contributed by atoms with Crippen molar-refractivity contribution in [2.45, 2.75) is 6.61 Å². The highest BCUT2D eigenvalue weighted by molar-refractivity contribution is 8.18. The largest absolute Gasteiger partial charge is 0.489 e. The summed E-state index contributed by atoms with van der Waals surface area (Å²) in [6.45, 7) is 2.64. The maximum absolute atomic E-state index is 13.9. The molecule has 39 heavy (non-hydrogen) atoms. The highest BCUT2D eigenvalue weighted by Gasteiger charge is 2.36. The van der Waals surface area contributed by atoms with Crippen molar-refractivity contribution in [3.8, 4) is 5.75 Å². The number of hydrogen-bond acceptors (Lipinski definition) is 7. The zero-order chi connectivity index (χ0) is 27.2. The summed E-state index contributed by atoms with van der Waals surface area (Å²) in [4.78, 5) is 41.4. The number of carbonyl (C=O) groups excluding carboxylic acids is 3. The number of nitrogens with zero attached hydrogens (tertiary/aromatic N) is 2. The van der Waals surface area contributed by atoms with E-state index in [1.807, 2.05) is 12.1 Å². The first-order valence-electron chi connectivity index (χ1n) is 12.4. The number of hydrogen-bond donors (Lipinski definition) is 1. The molecule has 0 saturated carbocycles. The third kappa shape index (κ3) is 6.65. The van der Waals surface area contributed by atoms with Gasteiger partial charge in [0, 0.05) is 30.0 Å². The zero-order valence-corrected chi connectivity index (χ0v) is 21.8. The van der Waals surface area contributed by atoms with Gasteiger partial charge in [0.05, 0.1) is 18.1 Å². The van der Waals surface area contributed by atoms with Crippen molar-refractivity contribution in [1.82, 2.24) is 4.90 Å². The van der Waals surface area contributed by atoms with Crippen molar-refractivity contribution in [2.75, 3.05) is 43.1 Å². The van der Waals surface area contributed by atoms with Gasteiger partial charge < -0.3 is 19.7 Å². The van der Waals surface area contributed by atoms with Crippen LogP contribution in [0, 0.1) is 5.82 Å². The fraction of sp³-hybridized carbons (Fsp3) is 0.207. The molecule has 5 rings (SSSR count). The second kappa shape index (κ2) is 12.1. The van der Waals surface area contributed by atoms with E-state index in [-0.39, 0.29) is 23.9 Å². The molecule has 3 aromatic carbocycles. The molecule has 1 N–H and O–H groups in total. The minimum Gasteiger partial charge on any atom is -0.489 e. The molecular formula is C29H26FN3O5S. The van der Waals surface area contributed by atoms with E-state index in [0.29, 0.717) is 35.8 Å². The summed E-state index contributed by atoms with van der Waals surface area (Å²) in [5.41, 5.74) is 2.67. The van der Waals surface area contributed by atoms with Crippen molar-refractivity contribution >= 4 is 46.3 Å². The average Bonchev–Trinajstić information content (AvgIpc) is 3.21. The van der Waals surface area contributed by atoms with Gasteiger partial charge in [0.2, 0.25) is 5.91 Å². The van der Waals surface area contributed by atoms with Crippen molar-refractivity contribution in [2.24, 2.45) is 0 Å². The smallest absolute Gasteiger partial charge is 0.294 e. The van der Waals surface area contributed by atoms with Crippen LogP contribution in [0.3, 0.4) is 0 Å². The van der Waals surface area contributed by atoms with Crippen LogP contribution in [0.4, 0.5) is 20.6 Å². The minimum absolute atomic E-state index is 0.0533. The monoisotopic (exact) mass is 547 g/mol. The molecular weight excluding hydrogens is 521 g/mol. The van der Waals surface area contributed by atoms with Gasteiger partial charge in [-0.05, 0) is 65.9 Å². The lowest BCUT2D eigenvalue weighted by atomic mass is 10.2. The van der Waals surface area contributed by atoms with Crippen LogP contribution in [0.1, 0.15) is 11.1 Å². The van der Waals surface area contributed by atoms with Gasteiger partial charge in [-0.1, -0.05) is 30.3 Å². The Bertz CT molecular complexity index is 1410. The molecule has 2 aliphatic heterocycles. The molecule has 2 saturated heterocycles. The Balaban J connectivity index is 1.18. The van der Waals surface area contributed by atoms with Crippen LogP contribution in [-0.4, -0.2) is 54.8 Å². The van der Waals surface area contributed by atoms with Gasteiger partial charge >= 0.3 is 0 Å². The van der Waals surface area contributed by atoms with Crippen LogP contribution in [0.2, 0.25) is 0 Å². The van der Waals surface area contributed by atoms with E-state index in [9.17, 15) is 18.8 Å². The first kappa shape index (κ1) is 26.5. The Morgan fingerprint density at radius 1 is 1.03 bits per heavy atom. The summed E-state index contributed by atoms with van der Waals surface area (Å²) in [7, 11) is 0. The van der Waals surface area contributed by atoms with Crippen LogP contribution >= 0.6 is 11.8 Å². The fourth-order valence-electron chi connectivity index (χ4n) is 4.18. The van der Waals surface area contributed by atoms with E-state index < -0.39 is 17.1 Å². The Morgan fingerprint density at radius 2 is 1.79 bits per heavy atom. The topological polar surface area (TPSA) is 88.2 Å². The molecule has 0 aliphatic carbocycles. The fourth-order valence-corrected chi connectivity index (χ4v) is 5.02. The maximum Gasteiger partial charge on any atom is 0.294 e. The van der Waals surface area contributed by atoms with Gasteiger partial charge in [0.1, 0.15) is 24.7 Å². The predicted octanol–water partition coefficient (Wildman–Crippen LogP) is 4.92. The Labute approximate surface area is 229 Å². The average molecular weight is 548 g/mol. The molecule has 0 bridgehead atoms. The number of imide groups is 1. The van der Waals surface area contributed by atoms with E-state index in [1.54, 1.807) is 60.7 Å². The first-order valence-corrected chi connectivity index (χ1v) is 13.2. The lowest BCUT2D eigenvalue weighted by Crippen LogP contribution is -2.36. The van der Waals surface area contributed by atoms with Crippen LogP contribution in [0.15, 0.2) is 77.7 Å². The molecule has 2 fully saturated rings. The number of carbonyl (C=O) groups is 3. The molecule has 3 amide bonds. The summed E-state index contributed by atoms with van der Waals surface area (Å²) in [5.74, 6) is -0.872. The van der Waals surface area contributed by atoms with Gasteiger partial charge in [-0.2, -0.15) is 0 Å². The number of thioether (sulfide) groups is 1. The molecule has 2 heterocycles. The lowest BCUT2D eigenvalue weighted by Gasteiger charge is -2.28. The van der Waals surface area contributed by atoms with Crippen molar-refractivity contribution in [1.29, 1.82) is 0 Å². The number of amides is 3. The quantitative estimate of drug-likeness (QED) is 0.401. The SMILES string of the molecule is O=C(CN1C(=O)S/C(=C/c2cccc(OCc3ccccc3F)c2)C1=O)Nc1ccc(N2CCOCC2)cc1. The molecule has 0 spiro atoms. The van der Waals surface area contributed by atoms with Crippen LogP contribution in [-0.2, 0) is 20.9 Å². The number of morpholine rings is 1. The highest BCUT2D eigenvalue weighted by atomic mass is 32.2. The predicted molar refractivity (Wildman–Crippen MR) is 148 cm³/mol. The zero-order valence-electron chi connectivity index (χ0n) is 21.0. The molecule has 0 atom stereocenters. The Kier molecular flexibility index (Phi) is 8.24. The maximum atomic E-state index is 13.9. The third-order valence-corrected chi connectivity index (χ3v) is 7.12. The molecule has 0 unspecified atom stereocenters. The summed E-state index contributed by atoms with van der Waals surface area (Å²) in [6.07, 6.45) is 1.57. The molecule has 0 radical (unpaired) electrons. The Hall–Kier alpha value is -4.15. The number of nitrogens with one attached hydrogen (secondary N) is 1. The summed E-state index contributed by atoms with van der Waals surface area (Å²) < 4.78 is 24.9. The second-order valence-corrected chi connectivity index (χ2v) is 9.91. The van der Waals surface area contributed by atoms with Gasteiger partial charge in [0.15, 0.2) is 0 Å². The Morgan fingerprint density at radius 3 is 2.56 bits per heavy atom. The van der Waals surface area contributed by atoms with Crippen LogP contribution < -0.4 is 15.0 Å². The normalized spacial score (nSPS) is 16.6. The summed E-state index contributed by atoms with van der Waals surface area (Å²) in [5, 5.41) is 2.23. The molecule has 200 valence electrons. The van der Waals surface area contributed by atoms with Gasteiger partial charge in [-0.15, -0.1) is 0 Å². The molecule has 3 aromatic rings. The van der Waals surface area contributed by atoms with Crippen LogP contribution in [0.25, 0.3) is 6.08 Å². The van der Waals surface area contributed by atoms with E-state index in [0.717, 1.165) is 35.4 Å². The molecule has 2 aliphatic rings. The third-order valence-electron chi connectivity index (χ3n) is 6.21. The first-order chi connectivity index (χ1) is 19.0. The van der Waals surface area contributed by atoms with E-state index in [4.69, 9.17) is 9.47 Å². The van der Waals surface area contributed by atoms with Crippen molar-refractivity contribution in [3.63, 3.8) is 0 Å². The lowest BCUT2D eigenvalue weighted by molar-refractivity contribution is -0.127. The van der Waals surface area contributed by atoms with Gasteiger partial charge in [-0.3, -0.25) is 19.3 Å².